The van der Waals surface area contributed by atoms with Gasteiger partial charge in [-0.3, -0.25) is 0 Å². The maximum Gasteiger partial charge on any atom is 0.343 e. The van der Waals surface area contributed by atoms with Crippen molar-refractivity contribution in [3.63, 3.8) is 0 Å². The molecule has 0 radical (unpaired) electrons. The molecule has 0 bridgehead atoms. The fourth-order valence-electron chi connectivity index (χ4n) is 2.72. The lowest BCUT2D eigenvalue weighted by atomic mass is 10.0. The first kappa shape index (κ1) is 16.8. The highest BCUT2D eigenvalue weighted by molar-refractivity contribution is 5.93. The summed E-state index contributed by atoms with van der Waals surface area (Å²) in [5.74, 6) is 0.426. The summed E-state index contributed by atoms with van der Waals surface area (Å²) in [6, 6.07) is 11.7. The third-order valence-corrected chi connectivity index (χ3v) is 4.09. The van der Waals surface area contributed by atoms with Crippen LogP contribution >= 0.6 is 0 Å². The summed E-state index contributed by atoms with van der Waals surface area (Å²) in [6.45, 7) is 3.74. The predicted octanol–water partition coefficient (Wildman–Crippen LogP) is 3.89. The van der Waals surface area contributed by atoms with Crippen molar-refractivity contribution < 1.29 is 18.7 Å². The number of methoxy groups -OCH3 is 1. The molecule has 0 aliphatic carbocycles. The molecule has 5 heteroatoms. The molecule has 3 aromatic rings. The van der Waals surface area contributed by atoms with E-state index in [1.54, 1.807) is 43.3 Å². The quantitative estimate of drug-likeness (QED) is 0.410. The van der Waals surface area contributed by atoms with Crippen molar-refractivity contribution in [3.05, 3.63) is 69.6 Å². The van der Waals surface area contributed by atoms with Gasteiger partial charge in [0.15, 0.2) is 0 Å². The Kier molecular flexibility index (Phi) is 4.57. The Balaban J connectivity index is 2.00. The molecule has 0 unspecified atom stereocenters. The van der Waals surface area contributed by atoms with Gasteiger partial charge < -0.3 is 13.9 Å². The average Bonchev–Trinajstić information content (AvgIpc) is 2.63. The molecule has 0 spiro atoms. The van der Waals surface area contributed by atoms with Gasteiger partial charge in [-0.1, -0.05) is 13.0 Å². The van der Waals surface area contributed by atoms with E-state index in [0.717, 1.165) is 10.9 Å². The van der Waals surface area contributed by atoms with Crippen LogP contribution in [0, 0.1) is 6.92 Å². The zero-order valence-electron chi connectivity index (χ0n) is 14.3. The zero-order valence-corrected chi connectivity index (χ0v) is 14.3. The van der Waals surface area contributed by atoms with Crippen molar-refractivity contribution >= 4 is 16.9 Å². The highest BCUT2D eigenvalue weighted by atomic mass is 16.5. The van der Waals surface area contributed by atoms with E-state index in [4.69, 9.17) is 13.9 Å². The third-order valence-electron chi connectivity index (χ3n) is 4.09. The maximum atomic E-state index is 12.4. The van der Waals surface area contributed by atoms with Gasteiger partial charge in [-0.15, -0.1) is 0 Å². The molecule has 0 atom stereocenters. The van der Waals surface area contributed by atoms with Crippen LogP contribution < -0.4 is 15.1 Å². The van der Waals surface area contributed by atoms with E-state index < -0.39 is 11.6 Å². The monoisotopic (exact) mass is 338 g/mol. The van der Waals surface area contributed by atoms with Crippen LogP contribution in [-0.4, -0.2) is 13.1 Å². The van der Waals surface area contributed by atoms with Gasteiger partial charge in [0.25, 0.3) is 0 Å². The van der Waals surface area contributed by atoms with Gasteiger partial charge in [0.1, 0.15) is 17.1 Å². The summed E-state index contributed by atoms with van der Waals surface area (Å²) in [5, 5.41) is 0.848. The summed E-state index contributed by atoms with van der Waals surface area (Å²) >= 11 is 0. The molecule has 2 aromatic carbocycles. The van der Waals surface area contributed by atoms with E-state index in [-0.39, 0.29) is 0 Å². The van der Waals surface area contributed by atoms with Gasteiger partial charge in [-0.25, -0.2) is 9.59 Å². The van der Waals surface area contributed by atoms with E-state index in [1.807, 2.05) is 6.92 Å². The fourth-order valence-corrected chi connectivity index (χ4v) is 2.72. The van der Waals surface area contributed by atoms with Crippen molar-refractivity contribution in [2.24, 2.45) is 0 Å². The number of fused-ring (bicyclic) bond motifs is 1. The van der Waals surface area contributed by atoms with Gasteiger partial charge in [0, 0.05) is 17.0 Å². The number of hydrogen-bond donors (Lipinski definition) is 0. The van der Waals surface area contributed by atoms with Gasteiger partial charge in [-0.2, -0.15) is 0 Å². The number of carbonyl (C=O) groups is 1. The van der Waals surface area contributed by atoms with E-state index in [1.165, 1.54) is 13.2 Å². The standard InChI is InChI=1S/C20H18O5/c1-4-13-11-18(21)25-19-12(2)17(9-8-16(13)19)24-20(22)14-6-5-7-15(10-14)23-3/h5-11H,4H2,1-3H3. The van der Waals surface area contributed by atoms with Gasteiger partial charge in [0.2, 0.25) is 0 Å². The molecular weight excluding hydrogens is 320 g/mol. The third kappa shape index (κ3) is 3.26. The molecule has 3 rings (SSSR count). The molecule has 0 aliphatic rings. The van der Waals surface area contributed by atoms with Crippen LogP contribution in [0.5, 0.6) is 11.5 Å². The lowest BCUT2D eigenvalue weighted by Gasteiger charge is -2.11. The summed E-state index contributed by atoms with van der Waals surface area (Å²) in [5.41, 5.74) is 1.92. The van der Waals surface area contributed by atoms with Gasteiger partial charge >= 0.3 is 11.6 Å². The van der Waals surface area contributed by atoms with Crippen LogP contribution in [0.15, 0.2) is 51.7 Å². The lowest BCUT2D eigenvalue weighted by molar-refractivity contribution is 0.0733. The molecule has 1 aromatic heterocycles. The SMILES string of the molecule is CCc1cc(=O)oc2c(C)c(OC(=O)c3cccc(OC)c3)ccc12. The molecule has 1 heterocycles. The summed E-state index contributed by atoms with van der Waals surface area (Å²) < 4.78 is 15.9. The number of aryl methyl sites for hydroxylation is 2. The van der Waals surface area contributed by atoms with Crippen LogP contribution in [0.1, 0.15) is 28.4 Å². The Morgan fingerprint density at radius 2 is 1.96 bits per heavy atom. The molecule has 25 heavy (non-hydrogen) atoms. The maximum absolute atomic E-state index is 12.4. The highest BCUT2D eigenvalue weighted by Gasteiger charge is 2.15. The minimum atomic E-state index is -0.504. The number of esters is 1. The van der Waals surface area contributed by atoms with Crippen LogP contribution in [0.3, 0.4) is 0 Å². The molecule has 0 saturated carbocycles. The average molecular weight is 338 g/mol. The Labute approximate surface area is 144 Å². The smallest absolute Gasteiger partial charge is 0.343 e. The van der Waals surface area contributed by atoms with Crippen molar-refractivity contribution in [2.75, 3.05) is 7.11 Å². The molecule has 0 N–H and O–H groups in total. The largest absolute Gasteiger partial charge is 0.497 e. The molecular formula is C20H18O5. The van der Waals surface area contributed by atoms with Crippen LogP contribution in [-0.2, 0) is 6.42 Å². The molecule has 128 valence electrons. The van der Waals surface area contributed by atoms with Gasteiger partial charge in [0.05, 0.1) is 12.7 Å². The van der Waals surface area contributed by atoms with E-state index in [2.05, 4.69) is 0 Å². The zero-order chi connectivity index (χ0) is 18.0. The summed E-state index contributed by atoms with van der Waals surface area (Å²) in [7, 11) is 1.53. The van der Waals surface area contributed by atoms with Crippen molar-refractivity contribution in [2.45, 2.75) is 20.3 Å². The van der Waals surface area contributed by atoms with Crippen LogP contribution in [0.2, 0.25) is 0 Å². The molecule has 5 nitrogen and oxygen atoms in total. The second kappa shape index (κ2) is 6.81. The van der Waals surface area contributed by atoms with Gasteiger partial charge in [-0.05, 0) is 49.2 Å². The highest BCUT2D eigenvalue weighted by Crippen LogP contribution is 2.29. The fraction of sp³-hybridized carbons (Fsp3) is 0.200. The second-order valence-corrected chi connectivity index (χ2v) is 5.63. The number of hydrogen-bond acceptors (Lipinski definition) is 5. The Hall–Kier alpha value is -3.08. The Bertz CT molecular complexity index is 1000. The first-order valence-electron chi connectivity index (χ1n) is 7.96. The minimum absolute atomic E-state index is 0.358. The summed E-state index contributed by atoms with van der Waals surface area (Å²) in [4.78, 5) is 24.1. The normalized spacial score (nSPS) is 10.7. The number of ether oxygens (including phenoxy) is 2. The van der Waals surface area contributed by atoms with Crippen molar-refractivity contribution in [1.82, 2.24) is 0 Å². The summed E-state index contributed by atoms with van der Waals surface area (Å²) in [6.07, 6.45) is 0.713. The van der Waals surface area contributed by atoms with Crippen LogP contribution in [0.4, 0.5) is 0 Å². The minimum Gasteiger partial charge on any atom is -0.497 e. The predicted molar refractivity (Wildman–Crippen MR) is 94.6 cm³/mol. The first-order chi connectivity index (χ1) is 12.0. The number of carbonyl (C=O) groups excluding carboxylic acids is 1. The molecule has 0 aliphatic heterocycles. The van der Waals surface area contributed by atoms with E-state index in [0.29, 0.717) is 34.6 Å². The molecule has 0 fully saturated rings. The van der Waals surface area contributed by atoms with E-state index in [9.17, 15) is 9.59 Å². The Morgan fingerprint density at radius 1 is 1.16 bits per heavy atom. The first-order valence-corrected chi connectivity index (χ1v) is 7.96. The van der Waals surface area contributed by atoms with Crippen LogP contribution in [0.25, 0.3) is 11.0 Å². The van der Waals surface area contributed by atoms with Crippen molar-refractivity contribution in [1.29, 1.82) is 0 Å². The second-order valence-electron chi connectivity index (χ2n) is 5.63. The molecule has 0 amide bonds. The van der Waals surface area contributed by atoms with E-state index >= 15 is 0 Å². The lowest BCUT2D eigenvalue weighted by Crippen LogP contribution is -2.10. The number of benzene rings is 2. The number of rotatable bonds is 4. The molecule has 0 saturated heterocycles. The topological polar surface area (TPSA) is 65.7 Å². The Morgan fingerprint density at radius 3 is 2.68 bits per heavy atom. The van der Waals surface area contributed by atoms with Crippen molar-refractivity contribution in [3.8, 4) is 11.5 Å².